The van der Waals surface area contributed by atoms with Crippen molar-refractivity contribution in [1.29, 1.82) is 0 Å². The molecule has 2 saturated heterocycles. The van der Waals surface area contributed by atoms with E-state index in [0.29, 0.717) is 29.1 Å². The van der Waals surface area contributed by atoms with Gasteiger partial charge in [0, 0.05) is 50.8 Å². The molecule has 0 aromatic heterocycles. The fourth-order valence-electron chi connectivity index (χ4n) is 7.08. The van der Waals surface area contributed by atoms with E-state index in [0.717, 1.165) is 63.2 Å². The Kier molecular flexibility index (Phi) is 23.0. The number of rotatable bonds is 12. The molecule has 3 radical (unpaired) electrons. The first-order valence-corrected chi connectivity index (χ1v) is 18.9. The van der Waals surface area contributed by atoms with Gasteiger partial charge >= 0.3 is 29.6 Å². The van der Waals surface area contributed by atoms with Crippen LogP contribution >= 0.6 is 23.2 Å². The third kappa shape index (κ3) is 16.6. The molecule has 0 amide bonds. The monoisotopic (exact) mass is 751 g/mol. The van der Waals surface area contributed by atoms with Crippen LogP contribution in [0.3, 0.4) is 0 Å². The van der Waals surface area contributed by atoms with E-state index >= 15 is 0 Å². The fourth-order valence-corrected chi connectivity index (χ4v) is 7.33. The van der Waals surface area contributed by atoms with Gasteiger partial charge in [0.25, 0.3) is 0 Å². The summed E-state index contributed by atoms with van der Waals surface area (Å²) in [5.74, 6) is 1.61. The van der Waals surface area contributed by atoms with Crippen LogP contribution in [-0.2, 0) is 12.8 Å². The van der Waals surface area contributed by atoms with Crippen LogP contribution < -0.4 is 29.6 Å². The molecule has 0 aliphatic carbocycles. The van der Waals surface area contributed by atoms with Crippen LogP contribution in [0.15, 0.2) is 109 Å². The van der Waals surface area contributed by atoms with Crippen molar-refractivity contribution in [3.05, 3.63) is 141 Å². The molecule has 3 unspecified atom stereocenters. The summed E-state index contributed by atoms with van der Waals surface area (Å²) in [5.41, 5.74) is 4.54. The molecule has 2 fully saturated rings. The number of hydrogen-bond acceptors (Lipinski definition) is 5. The third-order valence-electron chi connectivity index (χ3n) is 9.79. The quantitative estimate of drug-likeness (QED) is 0.139. The minimum Gasteiger partial charge on any atom is -1.00 e. The average molecular weight is 753 g/mol. The molecule has 0 bridgehead atoms. The van der Waals surface area contributed by atoms with Gasteiger partial charge in [-0.15, -0.1) is 0 Å². The first-order valence-electron chi connectivity index (χ1n) is 18.1. The first-order chi connectivity index (χ1) is 24.4. The number of nitrogens with zero attached hydrogens (tertiary/aromatic N) is 2. The maximum atomic E-state index is 12.4. The molecule has 0 saturated carbocycles. The summed E-state index contributed by atoms with van der Waals surface area (Å²) >= 11 is 11.8. The standard InChI is InChI=1S/C21H26ClNO.C21H24ClNO.CH4O.B.Na.H/c2*22-20-12-10-19(11-13-20)21(24)16-23-14-4-7-18(15-23)9-8-17-5-2-1-3-6-17;1-2;;;/h1-3,5-6,10-13,18,21,24H,4,7-9,14-16H2;1-3,5-6,10-13,18H,4,7-9,14-16H2;2H,1H3;;;/q;;;;+1;-1. The molecular weight excluding hydrogens is 697 g/mol. The Labute approximate surface area is 348 Å². The van der Waals surface area contributed by atoms with Gasteiger partial charge in [-0.3, -0.25) is 9.69 Å². The van der Waals surface area contributed by atoms with E-state index in [1.807, 2.05) is 36.4 Å². The summed E-state index contributed by atoms with van der Waals surface area (Å²) in [7, 11) is 1.00. The van der Waals surface area contributed by atoms with E-state index in [1.165, 1.54) is 49.7 Å². The Morgan fingerprint density at radius 1 is 0.712 bits per heavy atom. The molecule has 2 heterocycles. The maximum Gasteiger partial charge on any atom is 1.00 e. The zero-order valence-corrected chi connectivity index (χ0v) is 34.6. The molecule has 2 aliphatic rings. The van der Waals surface area contributed by atoms with E-state index in [2.05, 4.69) is 70.5 Å². The van der Waals surface area contributed by atoms with Crippen LogP contribution in [0.5, 0.6) is 0 Å². The Bertz CT molecular complexity index is 1520. The Balaban J connectivity index is 0.000000480. The number of aliphatic hydroxyl groups excluding tert-OH is 2. The van der Waals surface area contributed by atoms with Gasteiger partial charge in [0.1, 0.15) is 0 Å². The second-order valence-corrected chi connectivity index (χ2v) is 14.4. The van der Waals surface area contributed by atoms with Gasteiger partial charge in [-0.1, -0.05) is 96.0 Å². The Morgan fingerprint density at radius 2 is 1.15 bits per heavy atom. The van der Waals surface area contributed by atoms with Crippen molar-refractivity contribution in [3.8, 4) is 0 Å². The molecule has 273 valence electrons. The van der Waals surface area contributed by atoms with Gasteiger partial charge in [-0.25, -0.2) is 0 Å². The zero-order chi connectivity index (χ0) is 35.6. The van der Waals surface area contributed by atoms with Crippen molar-refractivity contribution in [2.75, 3.05) is 46.4 Å². The van der Waals surface area contributed by atoms with E-state index in [9.17, 15) is 9.90 Å². The number of aliphatic hydroxyl groups is 2. The summed E-state index contributed by atoms with van der Waals surface area (Å²) in [5, 5.41) is 18.9. The van der Waals surface area contributed by atoms with Crippen molar-refractivity contribution >= 4 is 37.4 Å². The van der Waals surface area contributed by atoms with E-state index in [1.54, 1.807) is 12.1 Å². The topological polar surface area (TPSA) is 64.0 Å². The van der Waals surface area contributed by atoms with Crippen molar-refractivity contribution < 1.29 is 46.0 Å². The first kappa shape index (κ1) is 46.2. The minimum atomic E-state index is -0.435. The largest absolute Gasteiger partial charge is 1.00 e. The number of β-amino-alcohol motifs (C(OH)–C–C–N with tert-alkyl or cyclic N) is 1. The van der Waals surface area contributed by atoms with Crippen LogP contribution in [-0.4, -0.2) is 80.6 Å². The summed E-state index contributed by atoms with van der Waals surface area (Å²) in [6.07, 6.45) is 9.28. The van der Waals surface area contributed by atoms with Crippen LogP contribution in [0.25, 0.3) is 0 Å². The number of carbonyl (C=O) groups excluding carboxylic acids is 1. The molecule has 0 spiro atoms. The molecule has 52 heavy (non-hydrogen) atoms. The van der Waals surface area contributed by atoms with Gasteiger partial charge in [-0.05, 0) is 129 Å². The van der Waals surface area contributed by atoms with Crippen LogP contribution in [0.1, 0.15) is 73.1 Å². The van der Waals surface area contributed by atoms with Crippen LogP contribution in [0, 0.1) is 11.8 Å². The number of halogens is 2. The minimum absolute atomic E-state index is 0. The van der Waals surface area contributed by atoms with E-state index < -0.39 is 6.10 Å². The smallest absolute Gasteiger partial charge is 1.00 e. The molecule has 2 N–H and O–H groups in total. The summed E-state index contributed by atoms with van der Waals surface area (Å²) < 4.78 is 0. The molecule has 9 heteroatoms. The molecule has 3 atom stereocenters. The molecule has 6 rings (SSSR count). The van der Waals surface area contributed by atoms with Gasteiger partial charge in [0.15, 0.2) is 5.78 Å². The molecular formula is C43H55BCl2N2NaO3. The predicted octanol–water partition coefficient (Wildman–Crippen LogP) is 5.93. The number of benzene rings is 4. The molecule has 5 nitrogen and oxygen atoms in total. The molecule has 2 aliphatic heterocycles. The van der Waals surface area contributed by atoms with E-state index in [4.69, 9.17) is 28.3 Å². The van der Waals surface area contributed by atoms with Crippen molar-refractivity contribution in [2.45, 2.75) is 57.5 Å². The Morgan fingerprint density at radius 3 is 1.65 bits per heavy atom. The summed E-state index contributed by atoms with van der Waals surface area (Å²) in [6, 6.07) is 36.1. The molecule has 4 aromatic rings. The predicted molar refractivity (Wildman–Crippen MR) is 215 cm³/mol. The SMILES string of the molecule is CO.O=C(CN1CCCC(CCc2ccccc2)C1)c1ccc(Cl)cc1.OC(CN1CCCC(CCc2ccccc2)C1)c1ccc(Cl)cc1.[B].[H-].[Na+]. The number of ketones is 1. The number of likely N-dealkylation sites (tertiary alicyclic amines) is 2. The van der Waals surface area contributed by atoms with E-state index in [-0.39, 0.29) is 45.2 Å². The number of piperidine rings is 2. The number of carbonyl (C=O) groups is 1. The van der Waals surface area contributed by atoms with Crippen molar-refractivity contribution in [2.24, 2.45) is 11.8 Å². The van der Waals surface area contributed by atoms with Gasteiger partial charge in [0.05, 0.1) is 12.6 Å². The normalized spacial score (nSPS) is 17.9. The van der Waals surface area contributed by atoms with Crippen LogP contribution in [0.2, 0.25) is 10.0 Å². The fraction of sp³-hybridized carbons (Fsp3) is 0.419. The van der Waals surface area contributed by atoms with Gasteiger partial charge in [0.2, 0.25) is 0 Å². The summed E-state index contributed by atoms with van der Waals surface area (Å²) in [4.78, 5) is 17.2. The zero-order valence-electron chi connectivity index (χ0n) is 32.1. The average Bonchev–Trinajstić information content (AvgIpc) is 3.16. The summed E-state index contributed by atoms with van der Waals surface area (Å²) in [6.45, 7) is 5.48. The van der Waals surface area contributed by atoms with Crippen molar-refractivity contribution in [3.63, 3.8) is 0 Å². The second kappa shape index (κ2) is 25.9. The van der Waals surface area contributed by atoms with Gasteiger partial charge in [-0.2, -0.15) is 0 Å². The Hall–Kier alpha value is -1.97. The number of Topliss-reactive ketones (excluding diaryl/α,β-unsaturated/α-hetero) is 1. The molecule has 4 aromatic carbocycles. The maximum absolute atomic E-state index is 12.4. The number of hydrogen-bond donors (Lipinski definition) is 2. The van der Waals surface area contributed by atoms with Crippen LogP contribution in [0.4, 0.5) is 0 Å². The number of aryl methyl sites for hydroxylation is 2. The third-order valence-corrected chi connectivity index (χ3v) is 10.3. The van der Waals surface area contributed by atoms with Crippen molar-refractivity contribution in [1.82, 2.24) is 9.80 Å². The van der Waals surface area contributed by atoms with Gasteiger partial charge < -0.3 is 16.5 Å². The second-order valence-electron chi connectivity index (χ2n) is 13.6.